The Morgan fingerprint density at radius 3 is 2.21 bits per heavy atom. The third kappa shape index (κ3) is 7.23. The number of rotatable bonds is 6. The second kappa shape index (κ2) is 13.1. The highest BCUT2D eigenvalue weighted by Crippen LogP contribution is 2.27. The Morgan fingerprint density at radius 2 is 1.51 bits per heavy atom. The van der Waals surface area contributed by atoms with Gasteiger partial charge in [0.2, 0.25) is 5.91 Å². The number of amides is 1. The SMILES string of the molecule is Cc1cccc(-c2ccc3c(ccn3CC3CCN(C(=O)CCc4ccccc4)CC3)c2)n1.c1ccccc1. The summed E-state index contributed by atoms with van der Waals surface area (Å²) in [7, 11) is 0. The summed E-state index contributed by atoms with van der Waals surface area (Å²) in [5, 5.41) is 1.25. The third-order valence-corrected chi connectivity index (χ3v) is 7.51. The number of likely N-dealkylation sites (tertiary alicyclic amines) is 1. The van der Waals surface area contributed by atoms with Gasteiger partial charge in [-0.25, -0.2) is 0 Å². The Morgan fingerprint density at radius 1 is 0.821 bits per heavy atom. The van der Waals surface area contributed by atoms with Gasteiger partial charge in [0.25, 0.3) is 0 Å². The molecule has 0 N–H and O–H groups in total. The summed E-state index contributed by atoms with van der Waals surface area (Å²) in [5.74, 6) is 0.901. The van der Waals surface area contributed by atoms with E-state index < -0.39 is 0 Å². The van der Waals surface area contributed by atoms with Crippen LogP contribution in [-0.2, 0) is 17.8 Å². The number of carbonyl (C=O) groups excluding carboxylic acids is 1. The van der Waals surface area contributed by atoms with Crippen LogP contribution in [0.3, 0.4) is 0 Å². The summed E-state index contributed by atoms with van der Waals surface area (Å²) in [6.45, 7) is 4.79. The van der Waals surface area contributed by atoms with Gasteiger partial charge < -0.3 is 9.47 Å². The van der Waals surface area contributed by atoms with Crippen LogP contribution in [-0.4, -0.2) is 33.4 Å². The van der Waals surface area contributed by atoms with Gasteiger partial charge in [-0.3, -0.25) is 9.78 Å². The van der Waals surface area contributed by atoms with Crippen molar-refractivity contribution >= 4 is 16.8 Å². The molecular formula is C35H37N3O. The molecule has 4 heteroatoms. The maximum Gasteiger partial charge on any atom is 0.222 e. The Labute approximate surface area is 231 Å². The van der Waals surface area contributed by atoms with Crippen LogP contribution in [0.25, 0.3) is 22.2 Å². The van der Waals surface area contributed by atoms with Crippen molar-refractivity contribution < 1.29 is 4.79 Å². The molecule has 1 fully saturated rings. The molecule has 198 valence electrons. The van der Waals surface area contributed by atoms with E-state index in [0.717, 1.165) is 55.8 Å². The standard InChI is InChI=1S/C29H31N3O.C6H6/c1-22-6-5-9-27(30-22)25-11-12-28-26(20-25)16-19-32(28)21-24-14-17-31(18-15-24)29(33)13-10-23-7-3-2-4-8-23;1-2-4-6-5-3-1/h2-9,11-12,16,19-20,24H,10,13-15,17-18,21H2,1H3;1-6H. The smallest absolute Gasteiger partial charge is 0.222 e. The van der Waals surface area contributed by atoms with Gasteiger partial charge in [-0.2, -0.15) is 0 Å². The number of piperidine rings is 1. The Bertz CT molecular complexity index is 1440. The van der Waals surface area contributed by atoms with E-state index in [1.54, 1.807) is 0 Å². The molecule has 0 atom stereocenters. The molecule has 0 spiro atoms. The maximum absolute atomic E-state index is 12.7. The Kier molecular flexibility index (Phi) is 8.85. The second-order valence-corrected chi connectivity index (χ2v) is 10.4. The summed E-state index contributed by atoms with van der Waals surface area (Å²) >= 11 is 0. The maximum atomic E-state index is 12.7. The fourth-order valence-electron chi connectivity index (χ4n) is 5.30. The van der Waals surface area contributed by atoms with E-state index in [4.69, 9.17) is 0 Å². The Balaban J connectivity index is 0.000000455. The van der Waals surface area contributed by atoms with Crippen LogP contribution < -0.4 is 0 Å². The van der Waals surface area contributed by atoms with E-state index >= 15 is 0 Å². The van der Waals surface area contributed by atoms with E-state index in [9.17, 15) is 4.79 Å². The third-order valence-electron chi connectivity index (χ3n) is 7.51. The summed E-state index contributed by atoms with van der Waals surface area (Å²) in [5.41, 5.74) is 5.73. The number of hydrogen-bond acceptors (Lipinski definition) is 2. The van der Waals surface area contributed by atoms with Crippen molar-refractivity contribution in [3.63, 3.8) is 0 Å². The molecule has 0 saturated carbocycles. The van der Waals surface area contributed by atoms with E-state index in [1.807, 2.05) is 67.6 Å². The number of aryl methyl sites for hydroxylation is 2. The highest BCUT2D eigenvalue weighted by atomic mass is 16.2. The molecule has 0 radical (unpaired) electrons. The quantitative estimate of drug-likeness (QED) is 0.234. The molecule has 0 unspecified atom stereocenters. The molecule has 0 bridgehead atoms. The average Bonchev–Trinajstić information content (AvgIpc) is 3.40. The highest BCUT2D eigenvalue weighted by Gasteiger charge is 2.23. The molecule has 4 nitrogen and oxygen atoms in total. The Hall–Kier alpha value is -4.18. The molecule has 1 saturated heterocycles. The fraction of sp³-hybridized carbons (Fsp3) is 0.257. The van der Waals surface area contributed by atoms with Gasteiger partial charge in [0.15, 0.2) is 0 Å². The molecule has 3 heterocycles. The number of hydrogen-bond donors (Lipinski definition) is 0. The fourth-order valence-corrected chi connectivity index (χ4v) is 5.30. The molecule has 1 aliphatic heterocycles. The lowest BCUT2D eigenvalue weighted by Gasteiger charge is -2.32. The van der Waals surface area contributed by atoms with Gasteiger partial charge in [-0.1, -0.05) is 78.9 Å². The van der Waals surface area contributed by atoms with E-state index in [2.05, 4.69) is 69.2 Å². The summed E-state index contributed by atoms with van der Waals surface area (Å²) in [6, 6.07) is 37.3. The van der Waals surface area contributed by atoms with E-state index in [0.29, 0.717) is 18.2 Å². The molecule has 5 aromatic rings. The molecule has 6 rings (SSSR count). The van der Waals surface area contributed by atoms with Crippen LogP contribution in [0, 0.1) is 12.8 Å². The van der Waals surface area contributed by atoms with Crippen molar-refractivity contribution in [3.05, 3.63) is 127 Å². The normalized spacial score (nSPS) is 13.6. The largest absolute Gasteiger partial charge is 0.347 e. The van der Waals surface area contributed by atoms with Gasteiger partial charge in [0.05, 0.1) is 5.69 Å². The number of fused-ring (bicyclic) bond motifs is 1. The lowest BCUT2D eigenvalue weighted by Crippen LogP contribution is -2.39. The molecular weight excluding hydrogens is 478 g/mol. The van der Waals surface area contributed by atoms with Gasteiger partial charge in [-0.05, 0) is 68.0 Å². The molecule has 1 aliphatic rings. The number of pyridine rings is 1. The predicted molar refractivity (Wildman–Crippen MR) is 160 cm³/mol. The first-order chi connectivity index (χ1) is 19.2. The molecule has 1 amide bonds. The van der Waals surface area contributed by atoms with Crippen LogP contribution in [0.5, 0.6) is 0 Å². The molecule has 3 aromatic carbocycles. The van der Waals surface area contributed by atoms with Crippen LogP contribution >= 0.6 is 0 Å². The van der Waals surface area contributed by atoms with Crippen LogP contribution in [0.2, 0.25) is 0 Å². The molecule has 39 heavy (non-hydrogen) atoms. The second-order valence-electron chi connectivity index (χ2n) is 10.4. The van der Waals surface area contributed by atoms with E-state index in [1.165, 1.54) is 16.5 Å². The van der Waals surface area contributed by atoms with Crippen LogP contribution in [0.4, 0.5) is 0 Å². The highest BCUT2D eigenvalue weighted by molar-refractivity contribution is 5.85. The van der Waals surface area contributed by atoms with Crippen molar-refractivity contribution in [2.45, 2.75) is 39.2 Å². The zero-order valence-corrected chi connectivity index (χ0v) is 22.7. The van der Waals surface area contributed by atoms with Crippen molar-refractivity contribution in [2.75, 3.05) is 13.1 Å². The van der Waals surface area contributed by atoms with Crippen molar-refractivity contribution in [1.82, 2.24) is 14.5 Å². The van der Waals surface area contributed by atoms with Gasteiger partial charge in [0, 0.05) is 54.4 Å². The molecule has 2 aromatic heterocycles. The van der Waals surface area contributed by atoms with Gasteiger partial charge >= 0.3 is 0 Å². The van der Waals surface area contributed by atoms with Crippen molar-refractivity contribution in [2.24, 2.45) is 5.92 Å². The van der Waals surface area contributed by atoms with Crippen molar-refractivity contribution in [3.8, 4) is 11.3 Å². The topological polar surface area (TPSA) is 38.1 Å². The van der Waals surface area contributed by atoms with Gasteiger partial charge in [-0.15, -0.1) is 0 Å². The minimum Gasteiger partial charge on any atom is -0.347 e. The van der Waals surface area contributed by atoms with E-state index in [-0.39, 0.29) is 0 Å². The van der Waals surface area contributed by atoms with Crippen molar-refractivity contribution in [1.29, 1.82) is 0 Å². The first-order valence-corrected chi connectivity index (χ1v) is 14.0. The minimum absolute atomic E-state index is 0.293. The predicted octanol–water partition coefficient (Wildman–Crippen LogP) is 7.57. The number of carbonyl (C=O) groups is 1. The van der Waals surface area contributed by atoms with Crippen LogP contribution in [0.1, 0.15) is 30.5 Å². The number of nitrogens with zero attached hydrogens (tertiary/aromatic N) is 3. The lowest BCUT2D eigenvalue weighted by atomic mass is 9.96. The first kappa shape index (κ1) is 26.4. The molecule has 0 aliphatic carbocycles. The zero-order chi connectivity index (χ0) is 26.9. The van der Waals surface area contributed by atoms with Gasteiger partial charge in [0.1, 0.15) is 0 Å². The lowest BCUT2D eigenvalue weighted by molar-refractivity contribution is -0.132. The minimum atomic E-state index is 0.293. The monoisotopic (exact) mass is 515 g/mol. The van der Waals surface area contributed by atoms with Crippen LogP contribution in [0.15, 0.2) is 115 Å². The number of benzene rings is 3. The number of aromatic nitrogens is 2. The summed E-state index contributed by atoms with van der Waals surface area (Å²) in [4.78, 5) is 19.4. The zero-order valence-electron chi connectivity index (χ0n) is 22.7. The first-order valence-electron chi connectivity index (χ1n) is 14.0. The summed E-state index contributed by atoms with van der Waals surface area (Å²) < 4.78 is 2.38. The summed E-state index contributed by atoms with van der Waals surface area (Å²) in [6.07, 6.45) is 5.78. The average molecular weight is 516 g/mol.